The minimum atomic E-state index is -0.192. The Hall–Kier alpha value is -1.07. The van der Waals surface area contributed by atoms with Crippen molar-refractivity contribution in [2.75, 3.05) is 10.6 Å². The van der Waals surface area contributed by atoms with Crippen LogP contribution in [-0.4, -0.2) is 33.3 Å². The van der Waals surface area contributed by atoms with Gasteiger partial charge in [0.25, 0.3) is 0 Å². The highest BCUT2D eigenvalue weighted by Gasteiger charge is 2.41. The molecule has 0 aliphatic carbocycles. The van der Waals surface area contributed by atoms with Crippen molar-refractivity contribution in [3.8, 4) is 0 Å². The van der Waals surface area contributed by atoms with Crippen molar-refractivity contribution >= 4 is 23.1 Å². The summed E-state index contributed by atoms with van der Waals surface area (Å²) in [5, 5.41) is 10.1. The van der Waals surface area contributed by atoms with Gasteiger partial charge in [-0.1, -0.05) is 11.6 Å². The number of hydrogen-bond donors (Lipinski definition) is 2. The first-order valence-electron chi connectivity index (χ1n) is 5.89. The molecule has 0 radical (unpaired) electrons. The Balaban J connectivity index is 1.97. The normalized spacial score (nSPS) is 31.9. The number of aliphatic hydroxyl groups excluding tert-OH is 1. The molecule has 2 aliphatic heterocycles. The number of nitrogens with two attached hydrogens (primary N) is 1. The van der Waals surface area contributed by atoms with E-state index in [1.165, 1.54) is 6.33 Å². The van der Waals surface area contributed by atoms with Crippen molar-refractivity contribution in [1.29, 1.82) is 0 Å². The maximum absolute atomic E-state index is 9.76. The Morgan fingerprint density at radius 1 is 1.29 bits per heavy atom. The molecule has 1 aromatic heterocycles. The third-order valence-corrected chi connectivity index (χ3v) is 4.07. The zero-order valence-corrected chi connectivity index (χ0v) is 10.1. The number of aromatic nitrogens is 2. The molecule has 0 saturated carbocycles. The number of nitrogen functional groups attached to an aromatic ring is 1. The maximum atomic E-state index is 9.76. The zero-order chi connectivity index (χ0) is 12.0. The molecule has 0 aromatic carbocycles. The fourth-order valence-electron chi connectivity index (χ4n) is 3.07. The predicted molar refractivity (Wildman–Crippen MR) is 66.0 cm³/mol. The van der Waals surface area contributed by atoms with E-state index >= 15 is 0 Å². The number of halogens is 1. The van der Waals surface area contributed by atoms with E-state index in [2.05, 4.69) is 14.9 Å². The Bertz CT molecular complexity index is 427. The average Bonchev–Trinajstić information content (AvgIpc) is 2.55. The topological polar surface area (TPSA) is 75.3 Å². The molecule has 2 unspecified atom stereocenters. The van der Waals surface area contributed by atoms with Crippen molar-refractivity contribution in [2.24, 2.45) is 0 Å². The average molecular weight is 255 g/mol. The summed E-state index contributed by atoms with van der Waals surface area (Å²) in [5.41, 5.74) is 6.39. The number of aliphatic hydroxyl groups is 1. The molecule has 2 fully saturated rings. The first-order valence-corrected chi connectivity index (χ1v) is 6.27. The second-order valence-corrected chi connectivity index (χ2v) is 5.18. The summed E-state index contributed by atoms with van der Waals surface area (Å²) in [6, 6.07) is 0.661. The molecule has 92 valence electrons. The van der Waals surface area contributed by atoms with E-state index in [0.717, 1.165) is 31.5 Å². The molecule has 2 bridgehead atoms. The Labute approximate surface area is 105 Å². The summed E-state index contributed by atoms with van der Waals surface area (Å²) in [5.74, 6) is 0.726. The van der Waals surface area contributed by atoms with Gasteiger partial charge >= 0.3 is 0 Å². The third kappa shape index (κ3) is 1.73. The lowest BCUT2D eigenvalue weighted by Crippen LogP contribution is -2.45. The predicted octanol–water partition coefficient (Wildman–Crippen LogP) is 1.20. The molecule has 3 N–H and O–H groups in total. The Morgan fingerprint density at radius 3 is 2.59 bits per heavy atom. The SMILES string of the molecule is Nc1c(Cl)ncnc1N1C2CCC1CC(O)C2. The van der Waals surface area contributed by atoms with Gasteiger partial charge in [0, 0.05) is 12.1 Å². The van der Waals surface area contributed by atoms with Gasteiger partial charge in [-0.25, -0.2) is 9.97 Å². The molecule has 17 heavy (non-hydrogen) atoms. The highest BCUT2D eigenvalue weighted by atomic mass is 35.5. The van der Waals surface area contributed by atoms with E-state index in [1.807, 2.05) is 0 Å². The summed E-state index contributed by atoms with van der Waals surface area (Å²) in [4.78, 5) is 10.3. The molecule has 5 nitrogen and oxygen atoms in total. The van der Waals surface area contributed by atoms with Crippen LogP contribution >= 0.6 is 11.6 Å². The highest BCUT2D eigenvalue weighted by molar-refractivity contribution is 6.32. The van der Waals surface area contributed by atoms with Gasteiger partial charge < -0.3 is 15.7 Å². The van der Waals surface area contributed by atoms with Crippen LogP contribution in [0.4, 0.5) is 11.5 Å². The number of fused-ring (bicyclic) bond motifs is 2. The molecule has 3 rings (SSSR count). The quantitative estimate of drug-likeness (QED) is 0.737. The third-order valence-electron chi connectivity index (χ3n) is 3.77. The van der Waals surface area contributed by atoms with Crippen molar-refractivity contribution in [3.63, 3.8) is 0 Å². The van der Waals surface area contributed by atoms with Crippen LogP contribution in [0, 0.1) is 0 Å². The van der Waals surface area contributed by atoms with Crippen LogP contribution in [0.15, 0.2) is 6.33 Å². The smallest absolute Gasteiger partial charge is 0.157 e. The molecular weight excluding hydrogens is 240 g/mol. The van der Waals surface area contributed by atoms with E-state index in [9.17, 15) is 5.11 Å². The van der Waals surface area contributed by atoms with E-state index in [-0.39, 0.29) is 6.10 Å². The van der Waals surface area contributed by atoms with E-state index in [4.69, 9.17) is 17.3 Å². The van der Waals surface area contributed by atoms with E-state index < -0.39 is 0 Å². The monoisotopic (exact) mass is 254 g/mol. The van der Waals surface area contributed by atoms with Crippen LogP contribution in [0.2, 0.25) is 5.15 Å². The van der Waals surface area contributed by atoms with E-state index in [1.54, 1.807) is 0 Å². The second-order valence-electron chi connectivity index (χ2n) is 4.82. The molecule has 6 heteroatoms. The number of anilines is 2. The van der Waals surface area contributed by atoms with Crippen LogP contribution in [-0.2, 0) is 0 Å². The molecule has 3 heterocycles. The van der Waals surface area contributed by atoms with Crippen molar-refractivity contribution in [1.82, 2.24) is 9.97 Å². The lowest BCUT2D eigenvalue weighted by atomic mass is 10.00. The maximum Gasteiger partial charge on any atom is 0.157 e. The van der Waals surface area contributed by atoms with Gasteiger partial charge in [0.1, 0.15) is 12.0 Å². The van der Waals surface area contributed by atoms with Crippen LogP contribution < -0.4 is 10.6 Å². The summed E-state index contributed by atoms with van der Waals surface area (Å²) in [6.07, 6.45) is 5.00. The molecule has 2 aliphatic rings. The van der Waals surface area contributed by atoms with Crippen LogP contribution in [0.5, 0.6) is 0 Å². The first kappa shape index (κ1) is 11.0. The summed E-state index contributed by atoms with van der Waals surface area (Å²) in [6.45, 7) is 0. The van der Waals surface area contributed by atoms with Crippen LogP contribution in [0.25, 0.3) is 0 Å². The number of hydrogen-bond acceptors (Lipinski definition) is 5. The van der Waals surface area contributed by atoms with Crippen LogP contribution in [0.1, 0.15) is 25.7 Å². The van der Waals surface area contributed by atoms with Crippen molar-refractivity contribution in [2.45, 2.75) is 43.9 Å². The molecule has 0 spiro atoms. The van der Waals surface area contributed by atoms with Gasteiger partial charge in [-0.2, -0.15) is 0 Å². The van der Waals surface area contributed by atoms with Crippen molar-refractivity contribution in [3.05, 3.63) is 11.5 Å². The Morgan fingerprint density at radius 2 is 1.94 bits per heavy atom. The summed E-state index contributed by atoms with van der Waals surface area (Å²) in [7, 11) is 0. The fourth-order valence-corrected chi connectivity index (χ4v) is 3.19. The zero-order valence-electron chi connectivity index (χ0n) is 9.38. The number of rotatable bonds is 1. The number of nitrogens with zero attached hydrogens (tertiary/aromatic N) is 3. The van der Waals surface area contributed by atoms with Gasteiger partial charge in [-0.15, -0.1) is 0 Å². The lowest BCUT2D eigenvalue weighted by molar-refractivity contribution is 0.126. The largest absolute Gasteiger partial charge is 0.393 e. The summed E-state index contributed by atoms with van der Waals surface area (Å²) < 4.78 is 0. The van der Waals surface area contributed by atoms with Gasteiger partial charge in [-0.05, 0) is 25.7 Å². The van der Waals surface area contributed by atoms with E-state index in [0.29, 0.717) is 22.9 Å². The fraction of sp³-hybridized carbons (Fsp3) is 0.636. The standard InChI is InChI=1S/C11H15ClN4O/c12-10-9(13)11(15-5-14-10)16-6-1-2-7(16)4-8(17)3-6/h5-8,17H,1-4,13H2. The van der Waals surface area contributed by atoms with Gasteiger partial charge in [0.2, 0.25) is 0 Å². The highest BCUT2D eigenvalue weighted by Crippen LogP contribution is 2.41. The first-order chi connectivity index (χ1) is 8.16. The molecule has 0 amide bonds. The molecule has 2 saturated heterocycles. The van der Waals surface area contributed by atoms with Gasteiger partial charge in [0.15, 0.2) is 11.0 Å². The van der Waals surface area contributed by atoms with Crippen molar-refractivity contribution < 1.29 is 5.11 Å². The lowest BCUT2D eigenvalue weighted by Gasteiger charge is -2.38. The molecule has 2 atom stereocenters. The van der Waals surface area contributed by atoms with Gasteiger partial charge in [0.05, 0.1) is 6.10 Å². The van der Waals surface area contributed by atoms with Crippen LogP contribution in [0.3, 0.4) is 0 Å². The minimum absolute atomic E-state index is 0.192. The Kier molecular flexibility index (Phi) is 2.60. The second kappa shape index (κ2) is 3.99. The molecular formula is C11H15ClN4O. The molecule has 1 aromatic rings. The summed E-state index contributed by atoms with van der Waals surface area (Å²) >= 11 is 5.93. The number of piperidine rings is 1. The minimum Gasteiger partial charge on any atom is -0.393 e. The van der Waals surface area contributed by atoms with Gasteiger partial charge in [-0.3, -0.25) is 0 Å².